The van der Waals surface area contributed by atoms with Crippen LogP contribution in [0.25, 0.3) is 6.08 Å². The molecular weight excluding hydrogens is 352 g/mol. The molecule has 0 atom stereocenters. The molecule has 0 amide bonds. The van der Waals surface area contributed by atoms with E-state index in [0.29, 0.717) is 23.6 Å². The molecule has 3 N–H and O–H groups in total. The van der Waals surface area contributed by atoms with Crippen molar-refractivity contribution in [2.75, 3.05) is 32.7 Å². The van der Waals surface area contributed by atoms with Gasteiger partial charge in [0.2, 0.25) is 5.78 Å². The standard InChI is InChI=1S/C23H26N2O3/c1-3-24-10-12-25(13-11-24)15-19-20(26)9-8-18-22(27)21(28-23(18)19)14-17-6-4-16(2)5-7-17/h4-9,14,26H,3,10-13,15H2,1-2H3/p+2/b21-14-. The minimum Gasteiger partial charge on any atom is -0.507 e. The number of carbonyl (C=O) groups is 1. The summed E-state index contributed by atoms with van der Waals surface area (Å²) in [5, 5.41) is 10.5. The predicted octanol–water partition coefficient (Wildman–Crippen LogP) is 0.620. The van der Waals surface area contributed by atoms with Gasteiger partial charge in [0.15, 0.2) is 11.5 Å². The molecule has 2 aliphatic rings. The van der Waals surface area contributed by atoms with Gasteiger partial charge >= 0.3 is 0 Å². The highest BCUT2D eigenvalue weighted by Gasteiger charge is 2.33. The molecule has 146 valence electrons. The van der Waals surface area contributed by atoms with Gasteiger partial charge in [0, 0.05) is 0 Å². The number of ether oxygens (including phenoxy) is 1. The van der Waals surface area contributed by atoms with E-state index in [-0.39, 0.29) is 11.5 Å². The van der Waals surface area contributed by atoms with E-state index >= 15 is 0 Å². The number of Topliss-reactive ketones (excluding diaryl/α,β-unsaturated/α-hetero) is 1. The number of carbonyl (C=O) groups excluding carboxylic acids is 1. The van der Waals surface area contributed by atoms with Gasteiger partial charge in [-0.2, -0.15) is 0 Å². The van der Waals surface area contributed by atoms with E-state index in [0.717, 1.165) is 43.9 Å². The van der Waals surface area contributed by atoms with Crippen LogP contribution in [0.2, 0.25) is 0 Å². The van der Waals surface area contributed by atoms with Gasteiger partial charge in [-0.1, -0.05) is 29.8 Å². The Morgan fingerprint density at radius 3 is 2.39 bits per heavy atom. The van der Waals surface area contributed by atoms with E-state index < -0.39 is 0 Å². The van der Waals surface area contributed by atoms with Gasteiger partial charge in [0.25, 0.3) is 0 Å². The number of piperazine rings is 1. The van der Waals surface area contributed by atoms with Crippen molar-refractivity contribution < 1.29 is 24.4 Å². The number of aromatic hydroxyl groups is 1. The molecule has 28 heavy (non-hydrogen) atoms. The third kappa shape index (κ3) is 3.68. The minimum absolute atomic E-state index is 0.118. The number of rotatable bonds is 4. The first kappa shape index (κ1) is 18.7. The molecule has 0 spiro atoms. The molecule has 0 unspecified atom stereocenters. The molecule has 0 saturated carbocycles. The zero-order valence-corrected chi connectivity index (χ0v) is 16.5. The number of likely N-dealkylation sites (N-methyl/N-ethyl adjacent to an activating group) is 1. The van der Waals surface area contributed by atoms with Crippen LogP contribution in [0.5, 0.6) is 11.5 Å². The predicted molar refractivity (Wildman–Crippen MR) is 108 cm³/mol. The van der Waals surface area contributed by atoms with Gasteiger partial charge in [-0.05, 0) is 37.6 Å². The van der Waals surface area contributed by atoms with Crippen LogP contribution >= 0.6 is 0 Å². The second-order valence-electron chi connectivity index (χ2n) is 7.82. The lowest BCUT2D eigenvalue weighted by atomic mass is 10.0. The number of hydrogen-bond donors (Lipinski definition) is 3. The summed E-state index contributed by atoms with van der Waals surface area (Å²) in [7, 11) is 0. The molecule has 1 fully saturated rings. The zero-order chi connectivity index (χ0) is 19.7. The average molecular weight is 380 g/mol. The van der Waals surface area contributed by atoms with Crippen LogP contribution in [0.1, 0.15) is 34.0 Å². The molecule has 4 rings (SSSR count). The molecule has 1 saturated heterocycles. The van der Waals surface area contributed by atoms with Gasteiger partial charge in [-0.3, -0.25) is 4.79 Å². The third-order valence-corrected chi connectivity index (χ3v) is 5.88. The highest BCUT2D eigenvalue weighted by atomic mass is 16.5. The highest BCUT2D eigenvalue weighted by Crippen LogP contribution is 2.39. The summed E-state index contributed by atoms with van der Waals surface area (Å²) in [6.45, 7) is 10.5. The number of quaternary nitrogens is 2. The summed E-state index contributed by atoms with van der Waals surface area (Å²) < 4.78 is 5.98. The number of allylic oxidation sites excluding steroid dienone is 1. The lowest BCUT2D eigenvalue weighted by molar-refractivity contribution is -1.02. The van der Waals surface area contributed by atoms with Gasteiger partial charge in [0.05, 0.1) is 17.7 Å². The van der Waals surface area contributed by atoms with E-state index in [1.807, 2.05) is 31.2 Å². The highest BCUT2D eigenvalue weighted by molar-refractivity contribution is 6.14. The Hall–Kier alpha value is -2.63. The molecule has 5 nitrogen and oxygen atoms in total. The van der Waals surface area contributed by atoms with Crippen molar-refractivity contribution in [1.29, 1.82) is 0 Å². The molecule has 0 aliphatic carbocycles. The SMILES string of the molecule is CC[NH+]1CC[NH+](Cc2c(O)ccc3c2O/C(=C\c2ccc(C)cc2)C3=O)CC1. The van der Waals surface area contributed by atoms with E-state index in [4.69, 9.17) is 4.74 Å². The normalized spacial score (nSPS) is 22.9. The molecular formula is C23H28N2O3+2. The van der Waals surface area contributed by atoms with E-state index in [1.165, 1.54) is 10.5 Å². The van der Waals surface area contributed by atoms with E-state index in [1.54, 1.807) is 23.1 Å². The van der Waals surface area contributed by atoms with Crippen LogP contribution in [-0.2, 0) is 6.54 Å². The Morgan fingerprint density at radius 2 is 1.71 bits per heavy atom. The van der Waals surface area contributed by atoms with E-state index in [2.05, 4.69) is 6.92 Å². The first-order chi connectivity index (χ1) is 13.5. The Kier molecular flexibility index (Phi) is 5.20. The third-order valence-electron chi connectivity index (χ3n) is 5.88. The Morgan fingerprint density at radius 1 is 1.04 bits per heavy atom. The summed E-state index contributed by atoms with van der Waals surface area (Å²) in [6, 6.07) is 11.3. The quantitative estimate of drug-likeness (QED) is 0.682. The van der Waals surface area contributed by atoms with Gasteiger partial charge < -0.3 is 19.6 Å². The number of phenolic OH excluding ortho intramolecular Hbond substituents is 1. The van der Waals surface area contributed by atoms with Crippen LogP contribution in [0.4, 0.5) is 0 Å². The molecule has 0 aromatic heterocycles. The maximum Gasteiger partial charge on any atom is 0.231 e. The molecule has 2 aromatic rings. The average Bonchev–Trinajstić information content (AvgIpc) is 3.02. The second kappa shape index (κ2) is 7.78. The monoisotopic (exact) mass is 380 g/mol. The van der Waals surface area contributed by atoms with E-state index in [9.17, 15) is 9.90 Å². The van der Waals surface area contributed by atoms with Crippen molar-refractivity contribution >= 4 is 11.9 Å². The topological polar surface area (TPSA) is 55.4 Å². The summed E-state index contributed by atoms with van der Waals surface area (Å²) in [4.78, 5) is 15.9. The van der Waals surface area contributed by atoms with Crippen molar-refractivity contribution in [2.45, 2.75) is 20.4 Å². The molecule has 0 radical (unpaired) electrons. The maximum atomic E-state index is 12.8. The largest absolute Gasteiger partial charge is 0.507 e. The second-order valence-corrected chi connectivity index (χ2v) is 7.82. The lowest BCUT2D eigenvalue weighted by Gasteiger charge is -2.29. The van der Waals surface area contributed by atoms with Crippen LogP contribution in [-0.4, -0.2) is 43.6 Å². The molecule has 0 bridgehead atoms. The van der Waals surface area contributed by atoms with Gasteiger partial charge in [-0.25, -0.2) is 0 Å². The Labute approximate surface area is 165 Å². The van der Waals surface area contributed by atoms with Crippen molar-refractivity contribution in [2.24, 2.45) is 0 Å². The number of hydrogen-bond acceptors (Lipinski definition) is 3. The van der Waals surface area contributed by atoms with Crippen molar-refractivity contribution in [3.63, 3.8) is 0 Å². The number of benzene rings is 2. The summed E-state index contributed by atoms with van der Waals surface area (Å²) in [6.07, 6.45) is 1.78. The number of phenols is 1. The van der Waals surface area contributed by atoms with Crippen LogP contribution in [0, 0.1) is 6.92 Å². The summed E-state index contributed by atoms with van der Waals surface area (Å²) in [5.41, 5.74) is 3.39. The number of aryl methyl sites for hydroxylation is 1. The number of nitrogens with one attached hydrogen (secondary N) is 2. The molecule has 2 heterocycles. The lowest BCUT2D eigenvalue weighted by Crippen LogP contribution is -3.27. The molecule has 5 heteroatoms. The smallest absolute Gasteiger partial charge is 0.231 e. The van der Waals surface area contributed by atoms with Gasteiger partial charge in [-0.15, -0.1) is 0 Å². The number of ketones is 1. The first-order valence-corrected chi connectivity index (χ1v) is 10.1. The van der Waals surface area contributed by atoms with Crippen LogP contribution in [0.15, 0.2) is 42.2 Å². The minimum atomic E-state index is -0.118. The van der Waals surface area contributed by atoms with Crippen molar-refractivity contribution in [1.82, 2.24) is 0 Å². The fourth-order valence-electron chi connectivity index (χ4n) is 4.02. The van der Waals surface area contributed by atoms with Crippen molar-refractivity contribution in [3.8, 4) is 11.5 Å². The molecule has 2 aromatic carbocycles. The van der Waals surface area contributed by atoms with Crippen LogP contribution in [0.3, 0.4) is 0 Å². The fourth-order valence-corrected chi connectivity index (χ4v) is 4.02. The van der Waals surface area contributed by atoms with Gasteiger partial charge in [0.1, 0.15) is 38.5 Å². The number of fused-ring (bicyclic) bond motifs is 1. The summed E-state index contributed by atoms with van der Waals surface area (Å²) >= 11 is 0. The summed E-state index contributed by atoms with van der Waals surface area (Å²) in [5.74, 6) is 0.940. The zero-order valence-electron chi connectivity index (χ0n) is 16.5. The Balaban J connectivity index is 1.58. The first-order valence-electron chi connectivity index (χ1n) is 10.1. The maximum absolute atomic E-state index is 12.8. The fraction of sp³-hybridized carbons (Fsp3) is 0.348. The molecule has 2 aliphatic heterocycles. The van der Waals surface area contributed by atoms with Crippen LogP contribution < -0.4 is 14.5 Å². The Bertz CT molecular complexity index is 910. The van der Waals surface area contributed by atoms with Crippen molar-refractivity contribution in [3.05, 3.63) is 64.4 Å².